The first-order valence-corrected chi connectivity index (χ1v) is 17.3. The van der Waals surface area contributed by atoms with E-state index in [1.165, 1.54) is 98.7 Å². The average Bonchev–Trinajstić information content (AvgIpc) is 3.39. The molecule has 0 nitrogen and oxygen atoms in total. The van der Waals surface area contributed by atoms with Gasteiger partial charge in [0.25, 0.3) is 0 Å². The molecule has 1 aliphatic carbocycles. The van der Waals surface area contributed by atoms with Crippen molar-refractivity contribution in [3.8, 4) is 44.5 Å². The van der Waals surface area contributed by atoms with Gasteiger partial charge in [-0.25, -0.2) is 0 Å². The molecular weight excluding hydrogens is 589 g/mol. The van der Waals surface area contributed by atoms with Gasteiger partial charge < -0.3 is 0 Å². The lowest BCUT2D eigenvalue weighted by molar-refractivity contribution is 0.661. The van der Waals surface area contributed by atoms with Crippen LogP contribution < -0.4 is 0 Å². The van der Waals surface area contributed by atoms with Crippen molar-refractivity contribution in [1.82, 2.24) is 0 Å². The summed E-state index contributed by atoms with van der Waals surface area (Å²) in [6.07, 6.45) is 0. The Morgan fingerprint density at radius 1 is 0.306 bits per heavy atom. The zero-order valence-electron chi connectivity index (χ0n) is 27.7. The van der Waals surface area contributed by atoms with Crippen LogP contribution in [0.2, 0.25) is 0 Å². The minimum absolute atomic E-state index is 0.0484. The van der Waals surface area contributed by atoms with Crippen LogP contribution >= 0.6 is 0 Å². The van der Waals surface area contributed by atoms with Crippen LogP contribution in [0.5, 0.6) is 0 Å². The van der Waals surface area contributed by atoms with E-state index >= 15 is 0 Å². The summed E-state index contributed by atoms with van der Waals surface area (Å²) in [6.45, 7) is 4.74. The molecule has 0 unspecified atom stereocenters. The number of hydrogen-bond donors (Lipinski definition) is 0. The molecule has 9 aromatic carbocycles. The molecule has 0 heterocycles. The molecule has 0 aromatic heterocycles. The van der Waals surface area contributed by atoms with Crippen LogP contribution in [0.1, 0.15) is 25.0 Å². The van der Waals surface area contributed by atoms with Crippen molar-refractivity contribution in [2.75, 3.05) is 0 Å². The second kappa shape index (κ2) is 10.5. The van der Waals surface area contributed by atoms with Gasteiger partial charge in [-0.1, -0.05) is 178 Å². The summed E-state index contributed by atoms with van der Waals surface area (Å²) >= 11 is 0. The zero-order chi connectivity index (χ0) is 32.7. The van der Waals surface area contributed by atoms with E-state index in [2.05, 4.69) is 184 Å². The molecule has 49 heavy (non-hydrogen) atoms. The molecule has 0 fully saturated rings. The Kier molecular flexibility index (Phi) is 6.02. The van der Waals surface area contributed by atoms with E-state index in [-0.39, 0.29) is 5.41 Å². The van der Waals surface area contributed by atoms with Gasteiger partial charge in [0.2, 0.25) is 0 Å². The normalized spacial score (nSPS) is 13.3. The molecule has 0 bridgehead atoms. The van der Waals surface area contributed by atoms with Gasteiger partial charge in [0, 0.05) is 5.41 Å². The summed E-state index contributed by atoms with van der Waals surface area (Å²) in [5, 5.41) is 10.3. The largest absolute Gasteiger partial charge is 0.0622 e. The SMILES string of the molecule is CC1(C)c2ccc(-c3ccc(-c4c5ccccc5c(-c5ccccc5)c5ccccc45)c4ccccc34)cc2-c2c1ccc1ccccc21. The quantitative estimate of drug-likeness (QED) is 0.172. The standard InChI is InChI=1S/C49H34/c1-49(2)44-28-25-33(30-43(44)48-35-17-7-6-14-31(35)24-29-45(48)49)34-26-27-42(37-19-9-8-18-36(34)37)47-40-22-12-10-20-38(40)46(32-15-4-3-5-16-32)39-21-11-13-23-41(39)47/h3-30H,1-2H3. The van der Waals surface area contributed by atoms with Crippen LogP contribution in [-0.4, -0.2) is 0 Å². The van der Waals surface area contributed by atoms with Gasteiger partial charge in [0.15, 0.2) is 0 Å². The lowest BCUT2D eigenvalue weighted by atomic mass is 9.81. The van der Waals surface area contributed by atoms with Crippen LogP contribution in [0, 0.1) is 0 Å². The average molecular weight is 623 g/mol. The van der Waals surface area contributed by atoms with E-state index in [1.54, 1.807) is 0 Å². The van der Waals surface area contributed by atoms with E-state index in [4.69, 9.17) is 0 Å². The lowest BCUT2D eigenvalue weighted by Gasteiger charge is -2.22. The van der Waals surface area contributed by atoms with Gasteiger partial charge in [-0.05, 0) is 105 Å². The maximum atomic E-state index is 2.45. The fraction of sp³-hybridized carbons (Fsp3) is 0.0612. The van der Waals surface area contributed by atoms with Crippen LogP contribution in [0.25, 0.3) is 87.6 Å². The van der Waals surface area contributed by atoms with Crippen molar-refractivity contribution >= 4 is 43.1 Å². The van der Waals surface area contributed by atoms with E-state index in [0.717, 1.165) is 0 Å². The molecule has 0 saturated carbocycles. The van der Waals surface area contributed by atoms with E-state index in [9.17, 15) is 0 Å². The Morgan fingerprint density at radius 3 is 1.49 bits per heavy atom. The number of fused-ring (bicyclic) bond motifs is 8. The van der Waals surface area contributed by atoms with Gasteiger partial charge in [-0.2, -0.15) is 0 Å². The highest BCUT2D eigenvalue weighted by Crippen LogP contribution is 2.53. The summed E-state index contributed by atoms with van der Waals surface area (Å²) in [4.78, 5) is 0. The molecule has 10 rings (SSSR count). The summed E-state index contributed by atoms with van der Waals surface area (Å²) in [7, 11) is 0. The third-order valence-electron chi connectivity index (χ3n) is 11.1. The van der Waals surface area contributed by atoms with Gasteiger partial charge in [0.05, 0.1) is 0 Å². The first kappa shape index (κ1) is 28.1. The van der Waals surface area contributed by atoms with E-state index < -0.39 is 0 Å². The summed E-state index contributed by atoms with van der Waals surface area (Å²) < 4.78 is 0. The van der Waals surface area contributed by atoms with Crippen molar-refractivity contribution in [3.63, 3.8) is 0 Å². The zero-order valence-corrected chi connectivity index (χ0v) is 27.7. The van der Waals surface area contributed by atoms with Gasteiger partial charge in [0.1, 0.15) is 0 Å². The molecule has 0 radical (unpaired) electrons. The van der Waals surface area contributed by atoms with Crippen LogP contribution in [0.4, 0.5) is 0 Å². The second-order valence-electron chi connectivity index (χ2n) is 14.0. The summed E-state index contributed by atoms with van der Waals surface area (Å²) in [6, 6.07) is 63.1. The van der Waals surface area contributed by atoms with Crippen LogP contribution in [-0.2, 0) is 5.41 Å². The summed E-state index contributed by atoms with van der Waals surface area (Å²) in [5.41, 5.74) is 13.1. The topological polar surface area (TPSA) is 0 Å². The minimum Gasteiger partial charge on any atom is -0.0622 e. The molecule has 0 amide bonds. The number of rotatable bonds is 3. The van der Waals surface area contributed by atoms with E-state index in [1.807, 2.05) is 0 Å². The van der Waals surface area contributed by atoms with Gasteiger partial charge >= 0.3 is 0 Å². The summed E-state index contributed by atoms with van der Waals surface area (Å²) in [5.74, 6) is 0. The maximum Gasteiger partial charge on any atom is 0.0159 e. The molecule has 0 heteroatoms. The van der Waals surface area contributed by atoms with Crippen LogP contribution in [0.3, 0.4) is 0 Å². The Hall–Kier alpha value is -5.98. The minimum atomic E-state index is -0.0484. The smallest absolute Gasteiger partial charge is 0.0159 e. The van der Waals surface area contributed by atoms with Crippen molar-refractivity contribution < 1.29 is 0 Å². The highest BCUT2D eigenvalue weighted by molar-refractivity contribution is 6.24. The van der Waals surface area contributed by atoms with Crippen molar-refractivity contribution in [1.29, 1.82) is 0 Å². The van der Waals surface area contributed by atoms with Crippen molar-refractivity contribution in [2.24, 2.45) is 0 Å². The van der Waals surface area contributed by atoms with Gasteiger partial charge in [-0.3, -0.25) is 0 Å². The van der Waals surface area contributed by atoms with E-state index in [0.29, 0.717) is 0 Å². The fourth-order valence-corrected chi connectivity index (χ4v) is 8.79. The van der Waals surface area contributed by atoms with Crippen molar-refractivity contribution in [3.05, 3.63) is 181 Å². The molecule has 0 aliphatic heterocycles. The Bertz CT molecular complexity index is 2720. The number of hydrogen-bond acceptors (Lipinski definition) is 0. The first-order valence-electron chi connectivity index (χ1n) is 17.3. The fourth-order valence-electron chi connectivity index (χ4n) is 8.79. The first-order chi connectivity index (χ1) is 24.1. The second-order valence-corrected chi connectivity index (χ2v) is 14.0. The highest BCUT2D eigenvalue weighted by Gasteiger charge is 2.36. The Morgan fingerprint density at radius 2 is 0.816 bits per heavy atom. The molecule has 1 aliphatic rings. The van der Waals surface area contributed by atoms with Gasteiger partial charge in [-0.15, -0.1) is 0 Å². The lowest BCUT2D eigenvalue weighted by Crippen LogP contribution is -2.14. The van der Waals surface area contributed by atoms with Crippen molar-refractivity contribution in [2.45, 2.75) is 19.3 Å². The monoisotopic (exact) mass is 622 g/mol. The third-order valence-corrected chi connectivity index (χ3v) is 11.1. The molecule has 0 N–H and O–H groups in total. The van der Waals surface area contributed by atoms with Crippen LogP contribution in [0.15, 0.2) is 170 Å². The molecule has 9 aromatic rings. The highest BCUT2D eigenvalue weighted by atomic mass is 14.4. The molecule has 0 atom stereocenters. The third kappa shape index (κ3) is 4.04. The predicted octanol–water partition coefficient (Wildman–Crippen LogP) is 13.6. The number of benzene rings is 9. The molecule has 0 spiro atoms. The maximum absolute atomic E-state index is 2.45. The molecular formula is C49H34. The Labute approximate surface area is 286 Å². The Balaban J connectivity index is 1.23. The predicted molar refractivity (Wildman–Crippen MR) is 210 cm³/mol. The molecule has 230 valence electrons. The molecule has 0 saturated heterocycles.